The minimum absolute atomic E-state index is 0.610. The van der Waals surface area contributed by atoms with E-state index in [9.17, 15) is 0 Å². The average molecular weight is 207 g/mol. The van der Waals surface area contributed by atoms with Crippen LogP contribution in [-0.4, -0.2) is 23.1 Å². The van der Waals surface area contributed by atoms with Gasteiger partial charge in [0.25, 0.3) is 0 Å². The summed E-state index contributed by atoms with van der Waals surface area (Å²) in [5, 5.41) is 3.03. The molecule has 4 heteroatoms. The van der Waals surface area contributed by atoms with Crippen LogP contribution >= 0.6 is 0 Å². The van der Waals surface area contributed by atoms with Gasteiger partial charge in [-0.05, 0) is 19.8 Å². The smallest absolute Gasteiger partial charge is 0.225 e. The highest BCUT2D eigenvalue weighted by molar-refractivity contribution is 5.26. The normalized spacial score (nSPS) is 9.67. The highest BCUT2D eigenvalue weighted by Crippen LogP contribution is 2.08. The number of anilines is 1. The Bertz CT molecular complexity index is 302. The highest BCUT2D eigenvalue weighted by atomic mass is 16.5. The number of rotatable bonds is 7. The minimum Gasteiger partial charge on any atom is -0.478 e. The van der Waals surface area contributed by atoms with Gasteiger partial charge in [0.2, 0.25) is 11.8 Å². The van der Waals surface area contributed by atoms with Gasteiger partial charge in [0.05, 0.1) is 6.61 Å². The third-order valence-corrected chi connectivity index (χ3v) is 1.77. The summed E-state index contributed by atoms with van der Waals surface area (Å²) in [6.07, 6.45) is 5.50. The van der Waals surface area contributed by atoms with Gasteiger partial charge in [0, 0.05) is 18.8 Å². The second-order valence-electron chi connectivity index (χ2n) is 3.03. The Kier molecular flexibility index (Phi) is 5.22. The van der Waals surface area contributed by atoms with Gasteiger partial charge >= 0.3 is 0 Å². The summed E-state index contributed by atoms with van der Waals surface area (Å²) in [7, 11) is 0. The van der Waals surface area contributed by atoms with Gasteiger partial charge in [-0.3, -0.25) is 0 Å². The molecule has 1 aromatic heterocycles. The summed E-state index contributed by atoms with van der Waals surface area (Å²) in [5.41, 5.74) is 0. The van der Waals surface area contributed by atoms with Gasteiger partial charge in [0.15, 0.2) is 0 Å². The van der Waals surface area contributed by atoms with Crippen molar-refractivity contribution in [2.24, 2.45) is 0 Å². The first-order valence-corrected chi connectivity index (χ1v) is 5.17. The van der Waals surface area contributed by atoms with E-state index in [2.05, 4.69) is 21.9 Å². The topological polar surface area (TPSA) is 47.0 Å². The molecule has 0 bridgehead atoms. The van der Waals surface area contributed by atoms with Crippen molar-refractivity contribution >= 4 is 5.95 Å². The molecule has 1 N–H and O–H groups in total. The molecular weight excluding hydrogens is 190 g/mol. The summed E-state index contributed by atoms with van der Waals surface area (Å²) in [4.78, 5) is 8.24. The Hall–Kier alpha value is -1.58. The number of nitrogens with zero attached hydrogens (tertiary/aromatic N) is 2. The number of nitrogens with one attached hydrogen (secondary N) is 1. The third kappa shape index (κ3) is 4.44. The average Bonchev–Trinajstić information content (AvgIpc) is 2.26. The first kappa shape index (κ1) is 11.5. The van der Waals surface area contributed by atoms with Crippen LogP contribution in [0.3, 0.4) is 0 Å². The van der Waals surface area contributed by atoms with Gasteiger partial charge in [-0.2, -0.15) is 4.98 Å². The number of ether oxygens (including phenoxy) is 1. The predicted octanol–water partition coefficient (Wildman–Crippen LogP) is 2.25. The molecule has 0 fully saturated rings. The molecule has 0 aliphatic carbocycles. The maximum Gasteiger partial charge on any atom is 0.225 e. The molecular formula is C11H17N3O. The van der Waals surface area contributed by atoms with Crippen molar-refractivity contribution in [3.8, 4) is 5.88 Å². The van der Waals surface area contributed by atoms with E-state index >= 15 is 0 Å². The van der Waals surface area contributed by atoms with E-state index in [4.69, 9.17) is 4.74 Å². The van der Waals surface area contributed by atoms with Crippen molar-refractivity contribution in [2.45, 2.75) is 19.8 Å². The molecule has 1 rings (SSSR count). The lowest BCUT2D eigenvalue weighted by atomic mass is 10.3. The van der Waals surface area contributed by atoms with Crippen molar-refractivity contribution in [3.63, 3.8) is 0 Å². The second kappa shape index (κ2) is 6.81. The summed E-state index contributed by atoms with van der Waals surface area (Å²) in [5.74, 6) is 1.23. The van der Waals surface area contributed by atoms with Gasteiger partial charge in [-0.25, -0.2) is 4.98 Å². The first-order valence-electron chi connectivity index (χ1n) is 5.17. The van der Waals surface area contributed by atoms with E-state index in [1.54, 1.807) is 12.3 Å². The van der Waals surface area contributed by atoms with E-state index in [1.807, 2.05) is 13.0 Å². The van der Waals surface area contributed by atoms with Crippen LogP contribution in [0.1, 0.15) is 19.8 Å². The van der Waals surface area contributed by atoms with Gasteiger partial charge < -0.3 is 10.1 Å². The number of allylic oxidation sites excluding steroid dienone is 1. The van der Waals surface area contributed by atoms with Crippen LogP contribution in [0.15, 0.2) is 24.9 Å². The summed E-state index contributed by atoms with van der Waals surface area (Å²) in [6, 6.07) is 1.76. The molecule has 0 saturated carbocycles. The van der Waals surface area contributed by atoms with E-state index in [0.717, 1.165) is 19.4 Å². The van der Waals surface area contributed by atoms with Crippen molar-refractivity contribution in [1.29, 1.82) is 0 Å². The van der Waals surface area contributed by atoms with Crippen molar-refractivity contribution in [2.75, 3.05) is 18.5 Å². The van der Waals surface area contributed by atoms with Gasteiger partial charge in [-0.1, -0.05) is 6.08 Å². The summed E-state index contributed by atoms with van der Waals surface area (Å²) >= 11 is 0. The molecule has 0 saturated heterocycles. The van der Waals surface area contributed by atoms with Crippen LogP contribution in [0.4, 0.5) is 5.95 Å². The lowest BCUT2D eigenvalue weighted by Crippen LogP contribution is -2.04. The Morgan fingerprint density at radius 3 is 3.20 bits per heavy atom. The number of hydrogen-bond donors (Lipinski definition) is 1. The van der Waals surface area contributed by atoms with Crippen LogP contribution in [-0.2, 0) is 0 Å². The quantitative estimate of drug-likeness (QED) is 0.550. The third-order valence-electron chi connectivity index (χ3n) is 1.77. The van der Waals surface area contributed by atoms with Crippen molar-refractivity contribution < 1.29 is 4.74 Å². The van der Waals surface area contributed by atoms with Crippen molar-refractivity contribution in [1.82, 2.24) is 9.97 Å². The molecule has 0 atom stereocenters. The maximum atomic E-state index is 5.46. The molecule has 1 heterocycles. The standard InChI is InChI=1S/C11H17N3O/c1-3-5-6-9-15-10-7-8-13-11(14-10)12-4-2/h3,7-8H,1,4-6,9H2,2H3,(H,12,13,14). The zero-order chi connectivity index (χ0) is 10.9. The second-order valence-corrected chi connectivity index (χ2v) is 3.03. The maximum absolute atomic E-state index is 5.46. The Labute approximate surface area is 90.4 Å². The largest absolute Gasteiger partial charge is 0.478 e. The van der Waals surface area contributed by atoms with Crippen LogP contribution in [0.2, 0.25) is 0 Å². The minimum atomic E-state index is 0.610. The summed E-state index contributed by atoms with van der Waals surface area (Å²) < 4.78 is 5.46. The zero-order valence-corrected chi connectivity index (χ0v) is 9.07. The fourth-order valence-corrected chi connectivity index (χ4v) is 1.07. The predicted molar refractivity (Wildman–Crippen MR) is 61.1 cm³/mol. The molecule has 0 aliphatic heterocycles. The molecule has 0 aliphatic rings. The molecule has 82 valence electrons. The monoisotopic (exact) mass is 207 g/mol. The molecule has 4 nitrogen and oxygen atoms in total. The van der Waals surface area contributed by atoms with Gasteiger partial charge in [-0.15, -0.1) is 6.58 Å². The summed E-state index contributed by atoms with van der Waals surface area (Å²) in [6.45, 7) is 7.12. The number of unbranched alkanes of at least 4 members (excludes halogenated alkanes) is 1. The first-order chi connectivity index (χ1) is 7.36. The van der Waals surface area contributed by atoms with Crippen LogP contribution in [0.25, 0.3) is 0 Å². The number of aromatic nitrogens is 2. The van der Waals surface area contributed by atoms with Crippen molar-refractivity contribution in [3.05, 3.63) is 24.9 Å². The van der Waals surface area contributed by atoms with Gasteiger partial charge in [0.1, 0.15) is 0 Å². The highest BCUT2D eigenvalue weighted by Gasteiger charge is 1.97. The SMILES string of the molecule is C=CCCCOc1ccnc(NCC)n1. The molecule has 15 heavy (non-hydrogen) atoms. The molecule has 1 aromatic rings. The van der Waals surface area contributed by atoms with Crippen LogP contribution in [0, 0.1) is 0 Å². The Morgan fingerprint density at radius 2 is 2.47 bits per heavy atom. The molecule has 0 radical (unpaired) electrons. The fourth-order valence-electron chi connectivity index (χ4n) is 1.07. The van der Waals surface area contributed by atoms with E-state index in [0.29, 0.717) is 18.4 Å². The zero-order valence-electron chi connectivity index (χ0n) is 9.07. The number of hydrogen-bond acceptors (Lipinski definition) is 4. The molecule has 0 aromatic carbocycles. The molecule has 0 unspecified atom stereocenters. The Balaban J connectivity index is 2.39. The Morgan fingerprint density at radius 1 is 1.60 bits per heavy atom. The lowest BCUT2D eigenvalue weighted by Gasteiger charge is -2.05. The van der Waals surface area contributed by atoms with Crippen LogP contribution < -0.4 is 10.1 Å². The lowest BCUT2D eigenvalue weighted by molar-refractivity contribution is 0.300. The molecule has 0 amide bonds. The van der Waals surface area contributed by atoms with E-state index in [-0.39, 0.29) is 0 Å². The molecule has 0 spiro atoms. The fraction of sp³-hybridized carbons (Fsp3) is 0.455. The van der Waals surface area contributed by atoms with E-state index in [1.165, 1.54) is 0 Å². The van der Waals surface area contributed by atoms with Crippen LogP contribution in [0.5, 0.6) is 5.88 Å². The van der Waals surface area contributed by atoms with E-state index < -0.39 is 0 Å².